The van der Waals surface area contributed by atoms with E-state index in [2.05, 4.69) is 13.8 Å². The molecular weight excluding hydrogens is 422 g/mol. The molecule has 1 aromatic heterocycles. The fraction of sp³-hybridized carbons (Fsp3) is 0.231. The molecular formula is C26H25NO4S. The van der Waals surface area contributed by atoms with Gasteiger partial charge in [-0.1, -0.05) is 38.1 Å². The number of hydrogen-bond acceptors (Lipinski definition) is 5. The van der Waals surface area contributed by atoms with Crippen LogP contribution in [0, 0.1) is 12.8 Å². The number of furan rings is 1. The van der Waals surface area contributed by atoms with Gasteiger partial charge in [0.15, 0.2) is 0 Å². The van der Waals surface area contributed by atoms with Gasteiger partial charge >= 0.3 is 0 Å². The van der Waals surface area contributed by atoms with Crippen molar-refractivity contribution in [3.8, 4) is 5.75 Å². The molecule has 4 rings (SSSR count). The number of amides is 2. The van der Waals surface area contributed by atoms with E-state index in [4.69, 9.17) is 9.15 Å². The Kier molecular flexibility index (Phi) is 6.51. The molecule has 3 aromatic rings. The highest BCUT2D eigenvalue weighted by Crippen LogP contribution is 2.40. The summed E-state index contributed by atoms with van der Waals surface area (Å²) in [7, 11) is 0. The minimum Gasteiger partial charge on any atom is -0.493 e. The standard InChI is InChI=1S/C26H25NO4S/c1-17(2)15-31-21-11-9-19(10-12-21)23-24(32-16-22-8-5-13-30-22)26(29)27(25(23)28)20-7-4-6-18(3)14-20/h4-14,17H,15-16H2,1-3H3. The number of aryl methyl sites for hydroxylation is 1. The van der Waals surface area contributed by atoms with Crippen LogP contribution in [0.3, 0.4) is 0 Å². The lowest BCUT2D eigenvalue weighted by Gasteiger charge is -2.15. The highest BCUT2D eigenvalue weighted by Gasteiger charge is 2.40. The van der Waals surface area contributed by atoms with E-state index in [1.165, 1.54) is 16.7 Å². The normalized spacial score (nSPS) is 14.1. The maximum Gasteiger partial charge on any atom is 0.272 e. The maximum absolute atomic E-state index is 13.5. The van der Waals surface area contributed by atoms with Crippen molar-refractivity contribution >= 4 is 34.8 Å². The molecule has 2 amide bonds. The first-order chi connectivity index (χ1) is 15.4. The Morgan fingerprint density at radius 2 is 1.78 bits per heavy atom. The summed E-state index contributed by atoms with van der Waals surface area (Å²) in [5.74, 6) is 1.72. The molecule has 2 aromatic carbocycles. The van der Waals surface area contributed by atoms with E-state index in [-0.39, 0.29) is 11.8 Å². The van der Waals surface area contributed by atoms with Crippen LogP contribution in [0.4, 0.5) is 5.69 Å². The molecule has 0 aliphatic carbocycles. The van der Waals surface area contributed by atoms with Gasteiger partial charge in [-0.25, -0.2) is 4.90 Å². The third kappa shape index (κ3) is 4.65. The molecule has 0 unspecified atom stereocenters. The Bertz CT molecular complexity index is 1150. The quantitative estimate of drug-likeness (QED) is 0.406. The Labute approximate surface area is 192 Å². The Hall–Kier alpha value is -3.25. The van der Waals surface area contributed by atoms with Crippen molar-refractivity contribution in [2.24, 2.45) is 5.92 Å². The van der Waals surface area contributed by atoms with Gasteiger partial charge in [-0.3, -0.25) is 9.59 Å². The van der Waals surface area contributed by atoms with Gasteiger partial charge in [-0.2, -0.15) is 0 Å². The number of thioether (sulfide) groups is 1. The summed E-state index contributed by atoms with van der Waals surface area (Å²) in [5.41, 5.74) is 2.65. The van der Waals surface area contributed by atoms with Gasteiger partial charge in [-0.05, 0) is 60.4 Å². The first-order valence-corrected chi connectivity index (χ1v) is 11.5. The fourth-order valence-electron chi connectivity index (χ4n) is 3.42. The zero-order chi connectivity index (χ0) is 22.7. The molecule has 0 atom stereocenters. The average molecular weight is 448 g/mol. The van der Waals surface area contributed by atoms with E-state index >= 15 is 0 Å². The zero-order valence-corrected chi connectivity index (χ0v) is 19.1. The molecule has 1 aliphatic rings. The molecule has 0 N–H and O–H groups in total. The molecule has 5 nitrogen and oxygen atoms in total. The fourth-order valence-corrected chi connectivity index (χ4v) is 4.43. The highest BCUT2D eigenvalue weighted by atomic mass is 32.2. The van der Waals surface area contributed by atoms with Gasteiger partial charge < -0.3 is 9.15 Å². The number of imide groups is 1. The second kappa shape index (κ2) is 9.49. The van der Waals surface area contributed by atoms with Gasteiger partial charge in [0.2, 0.25) is 0 Å². The molecule has 0 saturated heterocycles. The smallest absolute Gasteiger partial charge is 0.272 e. The van der Waals surface area contributed by atoms with Crippen LogP contribution >= 0.6 is 11.8 Å². The molecule has 1 aliphatic heterocycles. The molecule has 0 radical (unpaired) electrons. The van der Waals surface area contributed by atoms with Crippen LogP contribution in [-0.2, 0) is 15.3 Å². The van der Waals surface area contributed by atoms with Crippen LogP contribution in [0.15, 0.2) is 76.2 Å². The van der Waals surface area contributed by atoms with Crippen LogP contribution < -0.4 is 9.64 Å². The summed E-state index contributed by atoms with van der Waals surface area (Å²) in [4.78, 5) is 28.5. The molecule has 6 heteroatoms. The molecule has 164 valence electrons. The lowest BCUT2D eigenvalue weighted by atomic mass is 10.1. The second-order valence-corrected chi connectivity index (χ2v) is 9.07. The van der Waals surface area contributed by atoms with Crippen LogP contribution in [0.2, 0.25) is 0 Å². The number of carbonyl (C=O) groups is 2. The molecule has 0 fully saturated rings. The number of carbonyl (C=O) groups excluding carboxylic acids is 2. The van der Waals surface area contributed by atoms with E-state index in [0.717, 1.165) is 17.1 Å². The lowest BCUT2D eigenvalue weighted by molar-refractivity contribution is -0.119. The summed E-state index contributed by atoms with van der Waals surface area (Å²) in [6, 6.07) is 18.4. The van der Waals surface area contributed by atoms with Crippen molar-refractivity contribution in [2.45, 2.75) is 26.5 Å². The lowest BCUT2D eigenvalue weighted by Crippen LogP contribution is -2.31. The minimum atomic E-state index is -0.321. The predicted molar refractivity (Wildman–Crippen MR) is 127 cm³/mol. The monoisotopic (exact) mass is 447 g/mol. The first-order valence-electron chi connectivity index (χ1n) is 10.5. The minimum absolute atomic E-state index is 0.313. The van der Waals surface area contributed by atoms with Crippen molar-refractivity contribution in [2.75, 3.05) is 11.5 Å². The van der Waals surface area contributed by atoms with Crippen LogP contribution in [0.5, 0.6) is 5.75 Å². The Morgan fingerprint density at radius 1 is 1.00 bits per heavy atom. The maximum atomic E-state index is 13.5. The number of hydrogen-bond donors (Lipinski definition) is 0. The third-order valence-electron chi connectivity index (χ3n) is 4.97. The molecule has 32 heavy (non-hydrogen) atoms. The summed E-state index contributed by atoms with van der Waals surface area (Å²) >= 11 is 1.32. The second-order valence-electron chi connectivity index (χ2n) is 8.09. The van der Waals surface area contributed by atoms with E-state index in [1.807, 2.05) is 61.5 Å². The summed E-state index contributed by atoms with van der Waals surface area (Å²) in [5, 5.41) is 0. The highest BCUT2D eigenvalue weighted by molar-refractivity contribution is 8.03. The van der Waals surface area contributed by atoms with Gasteiger partial charge in [0.1, 0.15) is 11.5 Å². The average Bonchev–Trinajstić information content (AvgIpc) is 3.37. The molecule has 0 spiro atoms. The Balaban J connectivity index is 1.68. The van der Waals surface area contributed by atoms with Crippen molar-refractivity contribution < 1.29 is 18.7 Å². The van der Waals surface area contributed by atoms with Gasteiger partial charge in [0.05, 0.1) is 34.8 Å². The number of ether oxygens (including phenoxy) is 1. The number of benzene rings is 2. The first kappa shape index (κ1) is 22.0. The van der Waals surface area contributed by atoms with Gasteiger partial charge in [0, 0.05) is 0 Å². The predicted octanol–water partition coefficient (Wildman–Crippen LogP) is 5.84. The summed E-state index contributed by atoms with van der Waals surface area (Å²) in [6.45, 7) is 6.73. The van der Waals surface area contributed by atoms with Crippen LogP contribution in [0.1, 0.15) is 30.7 Å². The van der Waals surface area contributed by atoms with Crippen molar-refractivity contribution in [1.29, 1.82) is 0 Å². The van der Waals surface area contributed by atoms with Gasteiger partial charge in [-0.15, -0.1) is 11.8 Å². The van der Waals surface area contributed by atoms with E-state index in [0.29, 0.717) is 40.0 Å². The Morgan fingerprint density at radius 3 is 2.44 bits per heavy atom. The third-order valence-corrected chi connectivity index (χ3v) is 6.06. The van der Waals surface area contributed by atoms with Crippen molar-refractivity contribution in [1.82, 2.24) is 0 Å². The van der Waals surface area contributed by atoms with E-state index in [9.17, 15) is 9.59 Å². The van der Waals surface area contributed by atoms with Crippen molar-refractivity contribution in [3.05, 3.63) is 88.7 Å². The van der Waals surface area contributed by atoms with Gasteiger partial charge in [0.25, 0.3) is 11.8 Å². The van der Waals surface area contributed by atoms with Crippen LogP contribution in [-0.4, -0.2) is 18.4 Å². The van der Waals surface area contributed by atoms with E-state index < -0.39 is 0 Å². The number of rotatable bonds is 8. The summed E-state index contributed by atoms with van der Waals surface area (Å²) < 4.78 is 11.2. The number of anilines is 1. The molecule has 0 saturated carbocycles. The summed E-state index contributed by atoms with van der Waals surface area (Å²) in [6.07, 6.45) is 1.60. The van der Waals surface area contributed by atoms with E-state index in [1.54, 1.807) is 12.3 Å². The topological polar surface area (TPSA) is 59.8 Å². The largest absolute Gasteiger partial charge is 0.493 e. The molecule has 0 bridgehead atoms. The van der Waals surface area contributed by atoms with Crippen LogP contribution in [0.25, 0.3) is 5.57 Å². The zero-order valence-electron chi connectivity index (χ0n) is 18.3. The SMILES string of the molecule is Cc1cccc(N2C(=O)C(SCc3ccco3)=C(c3ccc(OCC(C)C)cc3)C2=O)c1. The number of nitrogens with zero attached hydrogens (tertiary/aromatic N) is 1. The van der Waals surface area contributed by atoms with Crippen molar-refractivity contribution in [3.63, 3.8) is 0 Å². The molecule has 2 heterocycles.